The van der Waals surface area contributed by atoms with Crippen LogP contribution in [0.4, 0.5) is 0 Å². The molecule has 9 heteroatoms. The Bertz CT molecular complexity index is 1030. The van der Waals surface area contributed by atoms with Gasteiger partial charge in [0.25, 0.3) is 5.56 Å². The van der Waals surface area contributed by atoms with Crippen molar-refractivity contribution in [1.82, 2.24) is 14.5 Å². The first-order valence-electron chi connectivity index (χ1n) is 7.34. The molecule has 0 saturated heterocycles. The highest BCUT2D eigenvalue weighted by molar-refractivity contribution is 7.91. The summed E-state index contributed by atoms with van der Waals surface area (Å²) < 4.78 is 28.5. The van der Waals surface area contributed by atoms with Crippen molar-refractivity contribution in [2.75, 3.05) is 6.54 Å². The van der Waals surface area contributed by atoms with Crippen LogP contribution in [0, 0.1) is 0 Å². The summed E-state index contributed by atoms with van der Waals surface area (Å²) in [4.78, 5) is 11.9. The van der Waals surface area contributed by atoms with Gasteiger partial charge in [0.15, 0.2) is 0 Å². The molecule has 25 heavy (non-hydrogen) atoms. The van der Waals surface area contributed by atoms with Crippen molar-refractivity contribution < 1.29 is 8.42 Å². The molecule has 0 spiro atoms. The second kappa shape index (κ2) is 7.49. The highest BCUT2D eigenvalue weighted by Crippen LogP contribution is 2.25. The van der Waals surface area contributed by atoms with Gasteiger partial charge in [0.1, 0.15) is 4.21 Å². The molecule has 0 bridgehead atoms. The van der Waals surface area contributed by atoms with E-state index in [4.69, 9.17) is 11.6 Å². The van der Waals surface area contributed by atoms with Crippen LogP contribution in [0.15, 0.2) is 63.6 Å². The Morgan fingerprint density at radius 3 is 2.52 bits per heavy atom. The molecule has 6 nitrogen and oxygen atoms in total. The third-order valence-corrected chi connectivity index (χ3v) is 6.55. The van der Waals surface area contributed by atoms with Gasteiger partial charge in [-0.25, -0.2) is 17.8 Å². The minimum absolute atomic E-state index is 0.0446. The second-order valence-corrected chi connectivity index (χ2v) is 8.81. The van der Waals surface area contributed by atoms with Crippen LogP contribution < -0.4 is 10.3 Å². The molecule has 0 radical (unpaired) electrons. The molecule has 2 heterocycles. The van der Waals surface area contributed by atoms with Gasteiger partial charge in [0.05, 0.1) is 16.6 Å². The average Bonchev–Trinajstić information content (AvgIpc) is 3.05. The van der Waals surface area contributed by atoms with Crippen LogP contribution in [-0.2, 0) is 16.6 Å². The minimum atomic E-state index is -3.64. The second-order valence-electron chi connectivity index (χ2n) is 5.10. The summed E-state index contributed by atoms with van der Waals surface area (Å²) in [5.74, 6) is 0. The lowest BCUT2D eigenvalue weighted by molar-refractivity contribution is 0.550. The van der Waals surface area contributed by atoms with Gasteiger partial charge in [-0.05, 0) is 18.2 Å². The van der Waals surface area contributed by atoms with Gasteiger partial charge in [-0.15, -0.1) is 11.3 Å². The van der Waals surface area contributed by atoms with Gasteiger partial charge in [-0.2, -0.15) is 5.10 Å². The summed E-state index contributed by atoms with van der Waals surface area (Å²) in [6.07, 6.45) is 0. The predicted octanol–water partition coefficient (Wildman–Crippen LogP) is 2.60. The number of halogens is 1. The largest absolute Gasteiger partial charge is 0.268 e. The van der Waals surface area contributed by atoms with Crippen molar-refractivity contribution in [2.45, 2.75) is 10.8 Å². The smallest absolute Gasteiger partial charge is 0.266 e. The molecule has 0 amide bonds. The van der Waals surface area contributed by atoms with Gasteiger partial charge in [-0.1, -0.05) is 41.9 Å². The standard InChI is InChI=1S/C16H14ClN3O3S2/c17-14-7-9-16(24-14)25(22,23)18-10-11-20-15(21)8-6-13(19-20)12-4-2-1-3-5-12/h1-9,18H,10-11H2. The zero-order valence-corrected chi connectivity index (χ0v) is 15.3. The first kappa shape index (κ1) is 17.8. The van der Waals surface area contributed by atoms with E-state index in [0.29, 0.717) is 10.0 Å². The number of hydrogen-bond acceptors (Lipinski definition) is 5. The van der Waals surface area contributed by atoms with Gasteiger partial charge in [0.2, 0.25) is 10.0 Å². The fourth-order valence-corrected chi connectivity index (χ4v) is 4.72. The first-order valence-corrected chi connectivity index (χ1v) is 10.0. The monoisotopic (exact) mass is 395 g/mol. The molecule has 130 valence electrons. The highest BCUT2D eigenvalue weighted by Gasteiger charge is 2.16. The van der Waals surface area contributed by atoms with E-state index in [2.05, 4.69) is 9.82 Å². The molecule has 0 aliphatic rings. The van der Waals surface area contributed by atoms with Crippen LogP contribution >= 0.6 is 22.9 Å². The Morgan fingerprint density at radius 2 is 1.84 bits per heavy atom. The quantitative estimate of drug-likeness (QED) is 0.695. The summed E-state index contributed by atoms with van der Waals surface area (Å²) in [6, 6.07) is 15.5. The number of nitrogens with zero attached hydrogens (tertiary/aromatic N) is 2. The molecule has 0 atom stereocenters. The minimum Gasteiger partial charge on any atom is -0.268 e. The zero-order chi connectivity index (χ0) is 17.9. The predicted molar refractivity (Wildman–Crippen MR) is 98.5 cm³/mol. The molecular formula is C16H14ClN3O3S2. The Morgan fingerprint density at radius 1 is 1.08 bits per heavy atom. The molecule has 3 aromatic rings. The number of sulfonamides is 1. The van der Waals surface area contributed by atoms with Crippen LogP contribution in [0.1, 0.15) is 0 Å². The van der Waals surface area contributed by atoms with Crippen LogP contribution in [0.3, 0.4) is 0 Å². The first-order chi connectivity index (χ1) is 12.0. The molecule has 0 aliphatic heterocycles. The molecule has 2 aromatic heterocycles. The van der Waals surface area contributed by atoms with E-state index in [1.165, 1.54) is 22.9 Å². The SMILES string of the molecule is O=c1ccc(-c2ccccc2)nn1CCNS(=O)(=O)c1ccc(Cl)s1. The van der Waals surface area contributed by atoms with Crippen LogP contribution in [0.2, 0.25) is 4.34 Å². The van der Waals surface area contributed by atoms with Gasteiger partial charge in [-0.3, -0.25) is 4.79 Å². The molecule has 0 aliphatic carbocycles. The number of thiophene rings is 1. The van der Waals surface area contributed by atoms with Crippen molar-refractivity contribution in [3.8, 4) is 11.3 Å². The zero-order valence-electron chi connectivity index (χ0n) is 12.9. The summed E-state index contributed by atoms with van der Waals surface area (Å²) >= 11 is 6.74. The molecule has 3 rings (SSSR count). The summed E-state index contributed by atoms with van der Waals surface area (Å²) in [5, 5.41) is 4.29. The Hall–Kier alpha value is -2.00. The lowest BCUT2D eigenvalue weighted by Crippen LogP contribution is -2.31. The fourth-order valence-electron chi connectivity index (χ4n) is 2.17. The highest BCUT2D eigenvalue weighted by atomic mass is 35.5. The molecule has 1 aromatic carbocycles. The number of benzene rings is 1. The van der Waals surface area contributed by atoms with E-state index >= 15 is 0 Å². The number of hydrogen-bond donors (Lipinski definition) is 1. The topological polar surface area (TPSA) is 81.1 Å². The number of rotatable bonds is 6. The van der Waals surface area contributed by atoms with Gasteiger partial charge in [0, 0.05) is 18.2 Å². The van der Waals surface area contributed by atoms with E-state index in [9.17, 15) is 13.2 Å². The Balaban J connectivity index is 1.72. The van der Waals surface area contributed by atoms with Crippen molar-refractivity contribution in [2.24, 2.45) is 0 Å². The average molecular weight is 396 g/mol. The van der Waals surface area contributed by atoms with Crippen LogP contribution in [0.5, 0.6) is 0 Å². The molecule has 0 unspecified atom stereocenters. The summed E-state index contributed by atoms with van der Waals surface area (Å²) in [7, 11) is -3.64. The van der Waals surface area contributed by atoms with E-state index in [0.717, 1.165) is 16.9 Å². The molecule has 0 fully saturated rings. The summed E-state index contributed by atoms with van der Waals surface area (Å²) in [6.45, 7) is 0.168. The maximum absolute atomic E-state index is 12.1. The normalized spacial score (nSPS) is 11.6. The fraction of sp³-hybridized carbons (Fsp3) is 0.125. The Kier molecular flexibility index (Phi) is 5.33. The molecular weight excluding hydrogens is 382 g/mol. The van der Waals surface area contributed by atoms with E-state index in [-0.39, 0.29) is 22.9 Å². The lowest BCUT2D eigenvalue weighted by atomic mass is 10.1. The van der Waals surface area contributed by atoms with Gasteiger partial charge >= 0.3 is 0 Å². The van der Waals surface area contributed by atoms with Crippen LogP contribution in [-0.4, -0.2) is 24.7 Å². The number of aromatic nitrogens is 2. The molecule has 0 saturated carbocycles. The number of nitrogens with one attached hydrogen (secondary N) is 1. The third kappa shape index (κ3) is 4.35. The van der Waals surface area contributed by atoms with E-state index in [1.807, 2.05) is 30.3 Å². The van der Waals surface area contributed by atoms with E-state index in [1.54, 1.807) is 6.07 Å². The van der Waals surface area contributed by atoms with Crippen molar-refractivity contribution in [3.63, 3.8) is 0 Å². The van der Waals surface area contributed by atoms with Gasteiger partial charge < -0.3 is 0 Å². The third-order valence-electron chi connectivity index (χ3n) is 3.37. The molecule has 1 N–H and O–H groups in total. The van der Waals surface area contributed by atoms with E-state index < -0.39 is 10.0 Å². The van der Waals surface area contributed by atoms with Crippen molar-refractivity contribution >= 4 is 33.0 Å². The lowest BCUT2D eigenvalue weighted by Gasteiger charge is -2.08. The Labute approximate surface area is 153 Å². The van der Waals surface area contributed by atoms with Crippen molar-refractivity contribution in [3.05, 3.63) is 69.3 Å². The maximum atomic E-state index is 12.1. The maximum Gasteiger partial charge on any atom is 0.266 e. The summed E-state index contributed by atoms with van der Waals surface area (Å²) in [5.41, 5.74) is 1.23. The van der Waals surface area contributed by atoms with Crippen molar-refractivity contribution in [1.29, 1.82) is 0 Å². The van der Waals surface area contributed by atoms with Crippen LogP contribution in [0.25, 0.3) is 11.3 Å².